The normalized spacial score (nSPS) is 20.7. The first-order valence-electron chi connectivity index (χ1n) is 10.1. The third-order valence-electron chi connectivity index (χ3n) is 5.73. The zero-order valence-corrected chi connectivity index (χ0v) is 17.6. The number of aryl methyl sites for hydroxylation is 1. The van der Waals surface area contributed by atoms with Gasteiger partial charge in [0.2, 0.25) is 0 Å². The molecule has 5 nitrogen and oxygen atoms in total. The molecule has 1 atom stereocenters. The maximum absolute atomic E-state index is 13.4. The zero-order valence-electron chi connectivity index (χ0n) is 17.6. The van der Waals surface area contributed by atoms with Crippen molar-refractivity contribution in [2.24, 2.45) is 4.99 Å². The standard InChI is InChI=1S/C24H26N2O3/c1-6-29-23(28)16-7-9-17(10-8-16)25-20-19-12-14(2)11-18-15(3)13-24(4,5)26(21(18)19)22(20)27/h7-12,15H,6,13H2,1-5H3. The van der Waals surface area contributed by atoms with Crippen LogP contribution in [0.4, 0.5) is 11.4 Å². The van der Waals surface area contributed by atoms with Crippen molar-refractivity contribution < 1.29 is 14.3 Å². The summed E-state index contributed by atoms with van der Waals surface area (Å²) in [7, 11) is 0. The number of amides is 1. The fourth-order valence-electron chi connectivity index (χ4n) is 4.59. The predicted molar refractivity (Wildman–Crippen MR) is 114 cm³/mol. The third-order valence-corrected chi connectivity index (χ3v) is 5.73. The van der Waals surface area contributed by atoms with E-state index in [2.05, 4.69) is 39.8 Å². The lowest BCUT2D eigenvalue weighted by Gasteiger charge is -2.43. The Kier molecular flexibility index (Phi) is 4.56. The molecule has 0 N–H and O–H groups in total. The molecule has 1 unspecified atom stereocenters. The number of nitrogens with zero attached hydrogens (tertiary/aromatic N) is 2. The molecule has 5 heteroatoms. The highest BCUT2D eigenvalue weighted by Crippen LogP contribution is 2.49. The van der Waals surface area contributed by atoms with E-state index in [1.807, 2.05) is 4.90 Å². The van der Waals surface area contributed by atoms with Crippen LogP contribution in [0.3, 0.4) is 0 Å². The van der Waals surface area contributed by atoms with Crippen LogP contribution in [0, 0.1) is 6.92 Å². The van der Waals surface area contributed by atoms with Crippen molar-refractivity contribution in [1.29, 1.82) is 0 Å². The number of benzene rings is 2. The van der Waals surface area contributed by atoms with Gasteiger partial charge in [0.1, 0.15) is 5.71 Å². The number of ether oxygens (including phenoxy) is 1. The highest BCUT2D eigenvalue weighted by atomic mass is 16.5. The molecule has 4 rings (SSSR count). The Morgan fingerprint density at radius 1 is 1.24 bits per heavy atom. The van der Waals surface area contributed by atoms with Gasteiger partial charge in [0.15, 0.2) is 0 Å². The molecule has 29 heavy (non-hydrogen) atoms. The van der Waals surface area contributed by atoms with E-state index < -0.39 is 0 Å². The molecule has 0 saturated carbocycles. The van der Waals surface area contributed by atoms with Gasteiger partial charge >= 0.3 is 5.97 Å². The molecule has 0 aromatic heterocycles. The number of rotatable bonds is 3. The molecule has 0 aliphatic carbocycles. The summed E-state index contributed by atoms with van der Waals surface area (Å²) >= 11 is 0. The minimum Gasteiger partial charge on any atom is -0.462 e. The Hall–Kier alpha value is -2.95. The van der Waals surface area contributed by atoms with Crippen molar-refractivity contribution >= 4 is 29.0 Å². The summed E-state index contributed by atoms with van der Waals surface area (Å²) in [6.45, 7) is 10.6. The van der Waals surface area contributed by atoms with E-state index in [-0.39, 0.29) is 17.4 Å². The number of hydrogen-bond acceptors (Lipinski definition) is 4. The molecular formula is C24H26N2O3. The lowest BCUT2D eigenvalue weighted by Crippen LogP contribution is -2.50. The van der Waals surface area contributed by atoms with Crippen LogP contribution in [-0.4, -0.2) is 29.7 Å². The molecule has 0 radical (unpaired) electrons. The van der Waals surface area contributed by atoms with Crippen LogP contribution in [0.2, 0.25) is 0 Å². The zero-order chi connectivity index (χ0) is 20.9. The molecule has 0 bridgehead atoms. The van der Waals surface area contributed by atoms with Crippen LogP contribution in [0.1, 0.15) is 67.1 Å². The van der Waals surface area contributed by atoms with Crippen molar-refractivity contribution in [3.05, 3.63) is 58.7 Å². The van der Waals surface area contributed by atoms with Gasteiger partial charge in [-0.1, -0.05) is 18.6 Å². The average Bonchev–Trinajstić information content (AvgIpc) is 2.93. The van der Waals surface area contributed by atoms with Crippen LogP contribution in [0.15, 0.2) is 41.4 Å². The first-order chi connectivity index (χ1) is 13.7. The average molecular weight is 390 g/mol. The van der Waals surface area contributed by atoms with E-state index in [0.29, 0.717) is 29.5 Å². The SMILES string of the molecule is CCOC(=O)c1ccc(N=C2C(=O)N3c4c2cc(C)cc4C(C)CC3(C)C)cc1. The van der Waals surface area contributed by atoms with E-state index in [4.69, 9.17) is 9.73 Å². The van der Waals surface area contributed by atoms with Gasteiger partial charge in [-0.05, 0) is 75.9 Å². The van der Waals surface area contributed by atoms with Gasteiger partial charge < -0.3 is 9.64 Å². The highest BCUT2D eigenvalue weighted by Gasteiger charge is 2.47. The van der Waals surface area contributed by atoms with Crippen molar-refractivity contribution in [3.63, 3.8) is 0 Å². The molecule has 0 saturated heterocycles. The van der Waals surface area contributed by atoms with E-state index in [1.54, 1.807) is 31.2 Å². The van der Waals surface area contributed by atoms with Crippen LogP contribution in [0.5, 0.6) is 0 Å². The maximum atomic E-state index is 13.4. The fourth-order valence-corrected chi connectivity index (χ4v) is 4.59. The molecular weight excluding hydrogens is 364 g/mol. The lowest BCUT2D eigenvalue weighted by atomic mass is 9.80. The first-order valence-corrected chi connectivity index (χ1v) is 10.1. The second-order valence-electron chi connectivity index (χ2n) is 8.54. The molecule has 0 fully saturated rings. The van der Waals surface area contributed by atoms with Crippen LogP contribution in [0.25, 0.3) is 0 Å². The first kappa shape index (κ1) is 19.4. The fraction of sp³-hybridized carbons (Fsp3) is 0.375. The van der Waals surface area contributed by atoms with E-state index in [1.165, 1.54) is 5.56 Å². The monoisotopic (exact) mass is 390 g/mol. The van der Waals surface area contributed by atoms with Crippen LogP contribution >= 0.6 is 0 Å². The molecule has 2 aromatic rings. The van der Waals surface area contributed by atoms with Gasteiger partial charge in [-0.15, -0.1) is 0 Å². The summed E-state index contributed by atoms with van der Waals surface area (Å²) in [5.74, 6) is -0.0359. The topological polar surface area (TPSA) is 59.0 Å². The van der Waals surface area contributed by atoms with Gasteiger partial charge in [0, 0.05) is 11.1 Å². The van der Waals surface area contributed by atoms with E-state index in [0.717, 1.165) is 23.2 Å². The second-order valence-corrected chi connectivity index (χ2v) is 8.54. The smallest absolute Gasteiger partial charge is 0.338 e. The summed E-state index contributed by atoms with van der Waals surface area (Å²) in [6.07, 6.45) is 0.913. The number of esters is 1. The number of anilines is 1. The van der Waals surface area contributed by atoms with E-state index in [9.17, 15) is 9.59 Å². The Bertz CT molecular complexity index is 1030. The van der Waals surface area contributed by atoms with Crippen LogP contribution < -0.4 is 4.90 Å². The molecule has 150 valence electrons. The second kappa shape index (κ2) is 6.83. The molecule has 0 spiro atoms. The lowest BCUT2D eigenvalue weighted by molar-refractivity contribution is -0.113. The predicted octanol–water partition coefficient (Wildman–Crippen LogP) is 4.92. The minimum atomic E-state index is -0.359. The molecule has 2 aromatic carbocycles. The quantitative estimate of drug-likeness (QED) is 0.699. The number of carbonyl (C=O) groups is 2. The summed E-state index contributed by atoms with van der Waals surface area (Å²) in [5.41, 5.74) is 5.57. The summed E-state index contributed by atoms with van der Waals surface area (Å²) in [6, 6.07) is 11.1. The van der Waals surface area contributed by atoms with E-state index >= 15 is 0 Å². The maximum Gasteiger partial charge on any atom is 0.338 e. The Morgan fingerprint density at radius 2 is 1.93 bits per heavy atom. The Morgan fingerprint density at radius 3 is 2.59 bits per heavy atom. The number of carbonyl (C=O) groups excluding carboxylic acids is 2. The van der Waals surface area contributed by atoms with Gasteiger partial charge in [0.25, 0.3) is 5.91 Å². The minimum absolute atomic E-state index is 0.0572. The summed E-state index contributed by atoms with van der Waals surface area (Å²) in [4.78, 5) is 31.9. The van der Waals surface area contributed by atoms with Crippen molar-refractivity contribution in [1.82, 2.24) is 0 Å². The van der Waals surface area contributed by atoms with Gasteiger partial charge in [-0.25, -0.2) is 9.79 Å². The molecule has 2 aliphatic heterocycles. The highest BCUT2D eigenvalue weighted by molar-refractivity contribution is 6.55. The Labute approximate surface area is 171 Å². The summed E-state index contributed by atoms with van der Waals surface area (Å²) in [5, 5.41) is 0. The Balaban J connectivity index is 1.80. The third kappa shape index (κ3) is 3.15. The largest absolute Gasteiger partial charge is 0.462 e. The molecule has 2 heterocycles. The van der Waals surface area contributed by atoms with Gasteiger partial charge in [-0.2, -0.15) is 0 Å². The van der Waals surface area contributed by atoms with Gasteiger partial charge in [-0.3, -0.25) is 4.79 Å². The number of hydrogen-bond donors (Lipinski definition) is 0. The van der Waals surface area contributed by atoms with Crippen molar-refractivity contribution in [3.8, 4) is 0 Å². The number of aliphatic imine (C=N–C) groups is 1. The van der Waals surface area contributed by atoms with Crippen molar-refractivity contribution in [2.45, 2.75) is 52.5 Å². The van der Waals surface area contributed by atoms with Crippen LogP contribution in [-0.2, 0) is 9.53 Å². The molecule has 1 amide bonds. The summed E-state index contributed by atoms with van der Waals surface area (Å²) < 4.78 is 5.02. The molecule has 2 aliphatic rings. The van der Waals surface area contributed by atoms with Gasteiger partial charge in [0.05, 0.1) is 23.5 Å². The van der Waals surface area contributed by atoms with Crippen molar-refractivity contribution in [2.75, 3.05) is 11.5 Å².